The molecule has 0 aliphatic heterocycles. The van der Waals surface area contributed by atoms with Gasteiger partial charge in [0, 0.05) is 26.3 Å². The molecule has 1 rings (SSSR count). The molecule has 0 saturated heterocycles. The van der Waals surface area contributed by atoms with Crippen molar-refractivity contribution in [1.82, 2.24) is 4.90 Å². The van der Waals surface area contributed by atoms with Gasteiger partial charge in [0.1, 0.15) is 0 Å². The SMILES string of the molecule is COCCC(N)C(=O)N(CCC(C)C)C1CC1. The Kier molecular flexibility index (Phi) is 5.92. The van der Waals surface area contributed by atoms with Gasteiger partial charge >= 0.3 is 0 Å². The maximum atomic E-state index is 12.2. The third-order valence-corrected chi connectivity index (χ3v) is 3.17. The van der Waals surface area contributed by atoms with E-state index < -0.39 is 6.04 Å². The third-order valence-electron chi connectivity index (χ3n) is 3.17. The number of carbonyl (C=O) groups is 1. The van der Waals surface area contributed by atoms with Crippen LogP contribution in [0.1, 0.15) is 39.5 Å². The van der Waals surface area contributed by atoms with Crippen LogP contribution in [0.3, 0.4) is 0 Å². The molecule has 1 amide bonds. The van der Waals surface area contributed by atoms with Crippen LogP contribution in [0.2, 0.25) is 0 Å². The lowest BCUT2D eigenvalue weighted by molar-refractivity contribution is -0.133. The number of rotatable bonds is 8. The average molecular weight is 242 g/mol. The predicted octanol–water partition coefficient (Wildman–Crippen LogP) is 1.39. The number of methoxy groups -OCH3 is 1. The highest BCUT2D eigenvalue weighted by atomic mass is 16.5. The van der Waals surface area contributed by atoms with Crippen LogP contribution in [0.5, 0.6) is 0 Å². The molecule has 1 unspecified atom stereocenters. The van der Waals surface area contributed by atoms with Gasteiger partial charge < -0.3 is 15.4 Å². The minimum Gasteiger partial charge on any atom is -0.385 e. The van der Waals surface area contributed by atoms with E-state index in [2.05, 4.69) is 13.8 Å². The second kappa shape index (κ2) is 6.97. The van der Waals surface area contributed by atoms with Crippen LogP contribution in [-0.4, -0.2) is 43.2 Å². The number of hydrogen-bond acceptors (Lipinski definition) is 3. The van der Waals surface area contributed by atoms with Gasteiger partial charge in [-0.15, -0.1) is 0 Å². The van der Waals surface area contributed by atoms with Gasteiger partial charge in [0.05, 0.1) is 6.04 Å². The van der Waals surface area contributed by atoms with Gasteiger partial charge in [-0.1, -0.05) is 13.8 Å². The van der Waals surface area contributed by atoms with E-state index in [1.807, 2.05) is 4.90 Å². The molecule has 100 valence electrons. The Labute approximate surface area is 104 Å². The van der Waals surface area contributed by atoms with Crippen LogP contribution < -0.4 is 5.73 Å². The summed E-state index contributed by atoms with van der Waals surface area (Å²) in [4.78, 5) is 14.2. The standard InChI is InChI=1S/C13H26N2O2/c1-10(2)6-8-15(11-4-5-11)13(16)12(14)7-9-17-3/h10-12H,4-9,14H2,1-3H3. The van der Waals surface area contributed by atoms with E-state index in [-0.39, 0.29) is 5.91 Å². The summed E-state index contributed by atoms with van der Waals surface area (Å²) in [7, 11) is 1.63. The van der Waals surface area contributed by atoms with Crippen LogP contribution in [0.15, 0.2) is 0 Å². The van der Waals surface area contributed by atoms with E-state index in [0.717, 1.165) is 25.8 Å². The van der Waals surface area contributed by atoms with Crippen molar-refractivity contribution >= 4 is 5.91 Å². The van der Waals surface area contributed by atoms with E-state index in [9.17, 15) is 4.79 Å². The molecule has 1 saturated carbocycles. The van der Waals surface area contributed by atoms with Crippen LogP contribution >= 0.6 is 0 Å². The molecule has 4 nitrogen and oxygen atoms in total. The summed E-state index contributed by atoms with van der Waals surface area (Å²) in [6.45, 7) is 5.76. The summed E-state index contributed by atoms with van der Waals surface area (Å²) < 4.78 is 4.97. The summed E-state index contributed by atoms with van der Waals surface area (Å²) in [5.74, 6) is 0.726. The summed E-state index contributed by atoms with van der Waals surface area (Å²) in [6.07, 6.45) is 3.95. The molecule has 1 fully saturated rings. The Hall–Kier alpha value is -0.610. The fourth-order valence-corrected chi connectivity index (χ4v) is 1.84. The maximum absolute atomic E-state index is 12.2. The molecule has 1 aliphatic carbocycles. The second-order valence-electron chi connectivity index (χ2n) is 5.33. The number of carbonyl (C=O) groups excluding carboxylic acids is 1. The zero-order chi connectivity index (χ0) is 12.8. The molecule has 1 aliphatic rings. The Balaban J connectivity index is 2.42. The summed E-state index contributed by atoms with van der Waals surface area (Å²) in [6, 6.07) is 0.0533. The smallest absolute Gasteiger partial charge is 0.239 e. The zero-order valence-corrected chi connectivity index (χ0v) is 11.3. The first kappa shape index (κ1) is 14.5. The maximum Gasteiger partial charge on any atom is 0.239 e. The fourth-order valence-electron chi connectivity index (χ4n) is 1.84. The van der Waals surface area contributed by atoms with Gasteiger partial charge in [0.25, 0.3) is 0 Å². The van der Waals surface area contributed by atoms with Crippen LogP contribution in [-0.2, 0) is 9.53 Å². The number of ether oxygens (including phenoxy) is 1. The van der Waals surface area contributed by atoms with Gasteiger partial charge in [-0.25, -0.2) is 0 Å². The van der Waals surface area contributed by atoms with Crippen molar-refractivity contribution in [2.75, 3.05) is 20.3 Å². The molecular weight excluding hydrogens is 216 g/mol. The lowest BCUT2D eigenvalue weighted by atomic mass is 10.1. The first-order valence-corrected chi connectivity index (χ1v) is 6.61. The predicted molar refractivity (Wildman–Crippen MR) is 68.7 cm³/mol. The lowest BCUT2D eigenvalue weighted by Gasteiger charge is -2.26. The summed E-state index contributed by atoms with van der Waals surface area (Å²) in [5, 5.41) is 0. The summed E-state index contributed by atoms with van der Waals surface area (Å²) in [5.41, 5.74) is 5.90. The van der Waals surface area contributed by atoms with E-state index in [0.29, 0.717) is 25.0 Å². The highest BCUT2D eigenvalue weighted by molar-refractivity contribution is 5.82. The fraction of sp³-hybridized carbons (Fsp3) is 0.923. The molecular formula is C13H26N2O2. The molecule has 4 heteroatoms. The van der Waals surface area contributed by atoms with Gasteiger partial charge in [0.15, 0.2) is 0 Å². The van der Waals surface area contributed by atoms with E-state index in [1.54, 1.807) is 7.11 Å². The van der Waals surface area contributed by atoms with Crippen LogP contribution in [0.4, 0.5) is 0 Å². The zero-order valence-electron chi connectivity index (χ0n) is 11.3. The van der Waals surface area contributed by atoms with Crippen molar-refractivity contribution in [3.8, 4) is 0 Å². The molecule has 0 radical (unpaired) electrons. The lowest BCUT2D eigenvalue weighted by Crippen LogP contribution is -2.46. The molecule has 0 aromatic heterocycles. The largest absolute Gasteiger partial charge is 0.385 e. The normalized spacial score (nSPS) is 17.2. The minimum absolute atomic E-state index is 0.102. The van der Waals surface area contributed by atoms with E-state index in [4.69, 9.17) is 10.5 Å². The second-order valence-corrected chi connectivity index (χ2v) is 5.33. The van der Waals surface area contributed by atoms with E-state index in [1.165, 1.54) is 0 Å². The molecule has 2 N–H and O–H groups in total. The molecule has 17 heavy (non-hydrogen) atoms. The minimum atomic E-state index is -0.400. The molecule has 0 spiro atoms. The van der Waals surface area contributed by atoms with Crippen molar-refractivity contribution in [3.63, 3.8) is 0 Å². The topological polar surface area (TPSA) is 55.6 Å². The van der Waals surface area contributed by atoms with Crippen molar-refractivity contribution < 1.29 is 9.53 Å². The first-order chi connectivity index (χ1) is 8.06. The van der Waals surface area contributed by atoms with Crippen molar-refractivity contribution in [1.29, 1.82) is 0 Å². The molecule has 0 bridgehead atoms. The number of hydrogen-bond donors (Lipinski definition) is 1. The van der Waals surface area contributed by atoms with Gasteiger partial charge in [-0.3, -0.25) is 4.79 Å². The average Bonchev–Trinajstić information content (AvgIpc) is 3.09. The number of amides is 1. The molecule has 0 aromatic rings. The van der Waals surface area contributed by atoms with Crippen LogP contribution in [0.25, 0.3) is 0 Å². The Morgan fingerprint density at radius 2 is 2.06 bits per heavy atom. The van der Waals surface area contributed by atoms with Gasteiger partial charge in [-0.2, -0.15) is 0 Å². The van der Waals surface area contributed by atoms with Crippen molar-refractivity contribution in [3.05, 3.63) is 0 Å². The quantitative estimate of drug-likeness (QED) is 0.699. The Morgan fingerprint density at radius 3 is 2.53 bits per heavy atom. The molecule has 1 atom stereocenters. The monoisotopic (exact) mass is 242 g/mol. The number of nitrogens with zero attached hydrogens (tertiary/aromatic N) is 1. The first-order valence-electron chi connectivity index (χ1n) is 6.61. The van der Waals surface area contributed by atoms with Crippen molar-refractivity contribution in [2.45, 2.75) is 51.6 Å². The van der Waals surface area contributed by atoms with Gasteiger partial charge in [0.2, 0.25) is 5.91 Å². The van der Waals surface area contributed by atoms with Crippen LogP contribution in [0, 0.1) is 5.92 Å². The highest BCUT2D eigenvalue weighted by Gasteiger charge is 2.34. The third kappa shape index (κ3) is 5.04. The van der Waals surface area contributed by atoms with E-state index >= 15 is 0 Å². The molecule has 0 aromatic carbocycles. The molecule has 0 heterocycles. The highest BCUT2D eigenvalue weighted by Crippen LogP contribution is 2.28. The number of nitrogens with two attached hydrogens (primary N) is 1. The van der Waals surface area contributed by atoms with Gasteiger partial charge in [-0.05, 0) is 31.6 Å². The Bertz CT molecular complexity index is 240. The Morgan fingerprint density at radius 1 is 1.41 bits per heavy atom. The van der Waals surface area contributed by atoms with Crippen molar-refractivity contribution in [2.24, 2.45) is 11.7 Å². The summed E-state index contributed by atoms with van der Waals surface area (Å²) >= 11 is 0.